The Bertz CT molecular complexity index is 917. The minimum atomic E-state index is -1.66. The topological polar surface area (TPSA) is 198 Å². The second-order valence-corrected chi connectivity index (χ2v) is 10.7. The van der Waals surface area contributed by atoms with E-state index in [1.54, 1.807) is 6.07 Å². The molecular weight excluding hydrogens is 536 g/mol. The number of aliphatic hydroxyl groups is 6. The summed E-state index contributed by atoms with van der Waals surface area (Å²) in [6.45, 7) is 2.96. The molecule has 12 nitrogen and oxygen atoms in total. The van der Waals surface area contributed by atoms with Crippen molar-refractivity contribution in [3.05, 3.63) is 29.8 Å². The molecule has 1 aliphatic heterocycles. The molecule has 1 saturated heterocycles. The molecule has 1 aromatic rings. The highest BCUT2D eigenvalue weighted by molar-refractivity contribution is 5.90. The van der Waals surface area contributed by atoms with E-state index in [0.29, 0.717) is 12.1 Å². The van der Waals surface area contributed by atoms with Gasteiger partial charge in [0, 0.05) is 18.5 Å². The summed E-state index contributed by atoms with van der Waals surface area (Å²) in [5, 5.41) is 66.7. The summed E-state index contributed by atoms with van der Waals surface area (Å²) >= 11 is 0. The van der Waals surface area contributed by atoms with Crippen LogP contribution >= 0.6 is 0 Å². The van der Waals surface area contributed by atoms with Crippen molar-refractivity contribution < 1.29 is 49.7 Å². The van der Waals surface area contributed by atoms with Gasteiger partial charge < -0.3 is 50.7 Å². The second kappa shape index (κ2) is 18.4. The predicted octanol–water partition coefficient (Wildman–Crippen LogP) is 0.487. The van der Waals surface area contributed by atoms with Crippen molar-refractivity contribution in [1.29, 1.82) is 0 Å². The largest absolute Gasteiger partial charge is 0.394 e. The van der Waals surface area contributed by atoms with E-state index in [1.165, 1.54) is 0 Å². The summed E-state index contributed by atoms with van der Waals surface area (Å²) < 4.78 is 10.9. The van der Waals surface area contributed by atoms with Gasteiger partial charge in [0.15, 0.2) is 6.29 Å². The van der Waals surface area contributed by atoms with Crippen LogP contribution < -0.4 is 10.6 Å². The van der Waals surface area contributed by atoms with Crippen molar-refractivity contribution in [2.45, 2.75) is 121 Å². The van der Waals surface area contributed by atoms with E-state index in [-0.39, 0.29) is 37.5 Å². The van der Waals surface area contributed by atoms with Crippen molar-refractivity contribution in [3.8, 4) is 0 Å². The number of ether oxygens (including phenoxy) is 2. The minimum Gasteiger partial charge on any atom is -0.394 e. The number of carbonyl (C=O) groups is 2. The zero-order chi connectivity index (χ0) is 30.4. The quantitative estimate of drug-likeness (QED) is 0.112. The summed E-state index contributed by atoms with van der Waals surface area (Å²) in [7, 11) is 0. The Morgan fingerprint density at radius 3 is 2.37 bits per heavy atom. The maximum atomic E-state index is 12.6. The molecule has 234 valence electrons. The number of benzene rings is 1. The van der Waals surface area contributed by atoms with Gasteiger partial charge in [-0.3, -0.25) is 9.59 Å². The van der Waals surface area contributed by atoms with Crippen molar-refractivity contribution >= 4 is 17.5 Å². The number of aliphatic hydroxyl groups excluding tert-OH is 6. The molecule has 2 amide bonds. The molecule has 0 bridgehead atoms. The van der Waals surface area contributed by atoms with Gasteiger partial charge in [-0.25, -0.2) is 0 Å². The highest BCUT2D eigenvalue weighted by Gasteiger charge is 2.44. The first-order valence-corrected chi connectivity index (χ1v) is 14.5. The lowest BCUT2D eigenvalue weighted by molar-refractivity contribution is -0.303. The lowest BCUT2D eigenvalue weighted by Crippen LogP contribution is -2.60. The molecule has 8 N–H and O–H groups in total. The van der Waals surface area contributed by atoms with Crippen LogP contribution in [0.25, 0.3) is 0 Å². The van der Waals surface area contributed by atoms with Gasteiger partial charge >= 0.3 is 0 Å². The predicted molar refractivity (Wildman–Crippen MR) is 151 cm³/mol. The van der Waals surface area contributed by atoms with E-state index >= 15 is 0 Å². The molecule has 1 aliphatic rings. The lowest BCUT2D eigenvalue weighted by atomic mass is 9.99. The van der Waals surface area contributed by atoms with Crippen LogP contribution in [0.5, 0.6) is 0 Å². The normalized spacial score (nSPS) is 24.8. The van der Waals surface area contributed by atoms with Gasteiger partial charge in [0.2, 0.25) is 11.8 Å². The van der Waals surface area contributed by atoms with Crippen molar-refractivity contribution in [2.75, 3.05) is 18.5 Å². The Kier molecular flexibility index (Phi) is 15.7. The highest BCUT2D eigenvalue weighted by Crippen LogP contribution is 2.23. The number of rotatable bonds is 18. The third-order valence-electron chi connectivity index (χ3n) is 7.15. The van der Waals surface area contributed by atoms with Crippen LogP contribution in [0.2, 0.25) is 0 Å². The summed E-state index contributed by atoms with van der Waals surface area (Å²) in [5.74, 6) is -0.594. The fourth-order valence-electron chi connectivity index (χ4n) is 4.65. The van der Waals surface area contributed by atoms with Gasteiger partial charge in [0.1, 0.15) is 30.5 Å². The van der Waals surface area contributed by atoms with Crippen molar-refractivity contribution in [1.82, 2.24) is 5.32 Å². The molecule has 1 fully saturated rings. The molecule has 0 spiro atoms. The summed E-state index contributed by atoms with van der Waals surface area (Å²) in [6, 6.07) is 6.24. The summed E-state index contributed by atoms with van der Waals surface area (Å²) in [4.78, 5) is 24.9. The number of carbonyl (C=O) groups excluding carboxylic acids is 2. The number of unbranched alkanes of at least 4 members (excludes halogenated alkanes) is 4. The van der Waals surface area contributed by atoms with E-state index in [0.717, 1.165) is 31.2 Å². The Labute approximate surface area is 241 Å². The zero-order valence-corrected chi connectivity index (χ0v) is 24.0. The average molecular weight is 585 g/mol. The van der Waals surface area contributed by atoms with E-state index in [2.05, 4.69) is 17.6 Å². The van der Waals surface area contributed by atoms with E-state index in [4.69, 9.17) is 9.47 Å². The average Bonchev–Trinajstić information content (AvgIpc) is 2.94. The number of hydrogen-bond acceptors (Lipinski definition) is 10. The molecule has 0 aliphatic carbocycles. The van der Waals surface area contributed by atoms with Crippen LogP contribution in [0.15, 0.2) is 24.3 Å². The fourth-order valence-corrected chi connectivity index (χ4v) is 4.65. The molecule has 1 aromatic carbocycles. The number of nitrogens with one attached hydrogen (secondary N) is 2. The van der Waals surface area contributed by atoms with E-state index in [1.807, 2.05) is 25.1 Å². The molecule has 2 unspecified atom stereocenters. The molecule has 0 aromatic heterocycles. The van der Waals surface area contributed by atoms with Crippen LogP contribution in [0.3, 0.4) is 0 Å². The molecular formula is C29H48N2O10. The third kappa shape index (κ3) is 11.9. The smallest absolute Gasteiger partial charge is 0.224 e. The fraction of sp³-hybridized carbons (Fsp3) is 0.724. The Morgan fingerprint density at radius 2 is 1.68 bits per heavy atom. The van der Waals surface area contributed by atoms with E-state index in [9.17, 15) is 40.2 Å². The van der Waals surface area contributed by atoms with Gasteiger partial charge in [-0.15, -0.1) is 0 Å². The number of aryl methyl sites for hydroxylation is 1. The Hall–Kier alpha value is -2.16. The monoisotopic (exact) mass is 584 g/mol. The SMILES string of the molecule is CCCCCCCC(=O)N[C@@H](CO[C@H]1OC(CO)[C@H](O)C(O)[C@@H]1O)[C@H](O)[C@H](O)CCCC(=O)Nc1cccc(C)c1. The van der Waals surface area contributed by atoms with Crippen LogP contribution in [0.1, 0.15) is 70.3 Å². The van der Waals surface area contributed by atoms with Crippen LogP contribution in [-0.2, 0) is 19.1 Å². The Balaban J connectivity index is 1.95. The molecule has 1 heterocycles. The van der Waals surface area contributed by atoms with Gasteiger partial charge in [-0.1, -0.05) is 44.7 Å². The highest BCUT2D eigenvalue weighted by atomic mass is 16.7. The zero-order valence-electron chi connectivity index (χ0n) is 24.0. The van der Waals surface area contributed by atoms with Gasteiger partial charge in [-0.05, 0) is 43.9 Å². The maximum absolute atomic E-state index is 12.6. The van der Waals surface area contributed by atoms with Gasteiger partial charge in [-0.2, -0.15) is 0 Å². The van der Waals surface area contributed by atoms with E-state index < -0.39 is 62.2 Å². The first kappa shape index (κ1) is 35.0. The molecule has 0 radical (unpaired) electrons. The third-order valence-corrected chi connectivity index (χ3v) is 7.15. The number of hydrogen-bond donors (Lipinski definition) is 8. The Morgan fingerprint density at radius 1 is 0.976 bits per heavy atom. The first-order chi connectivity index (χ1) is 19.6. The number of amides is 2. The standard InChI is InChI=1S/C29H48N2O10/c1-3-4-5-6-7-13-24(35)31-20(17-40-29-28(39)27(38)26(37)22(16-32)41-29)25(36)21(33)12-9-14-23(34)30-19-11-8-10-18(2)15-19/h8,10-11,15,20-22,25-29,32-33,36-39H,3-7,9,12-14,16-17H2,1-2H3,(H,30,34)(H,31,35)/t20-,21+,22?,25-,26-,27?,28-,29-/m0/s1. The van der Waals surface area contributed by atoms with Crippen LogP contribution in [0, 0.1) is 6.92 Å². The second-order valence-electron chi connectivity index (χ2n) is 10.7. The maximum Gasteiger partial charge on any atom is 0.224 e. The minimum absolute atomic E-state index is 0.0613. The first-order valence-electron chi connectivity index (χ1n) is 14.5. The molecule has 8 atom stereocenters. The van der Waals surface area contributed by atoms with Crippen molar-refractivity contribution in [2.24, 2.45) is 0 Å². The van der Waals surface area contributed by atoms with Gasteiger partial charge in [0.25, 0.3) is 0 Å². The van der Waals surface area contributed by atoms with Crippen LogP contribution in [-0.4, -0.2) is 105 Å². The van der Waals surface area contributed by atoms with Crippen LogP contribution in [0.4, 0.5) is 5.69 Å². The van der Waals surface area contributed by atoms with Crippen molar-refractivity contribution in [3.63, 3.8) is 0 Å². The van der Waals surface area contributed by atoms with Gasteiger partial charge in [0.05, 0.1) is 25.4 Å². The molecule has 0 saturated carbocycles. The molecule has 41 heavy (non-hydrogen) atoms. The molecule has 12 heteroatoms. The number of anilines is 1. The summed E-state index contributed by atoms with van der Waals surface area (Å²) in [5.41, 5.74) is 1.67. The molecule has 2 rings (SSSR count). The summed E-state index contributed by atoms with van der Waals surface area (Å²) in [6.07, 6.45) is -4.98. The lowest BCUT2D eigenvalue weighted by Gasteiger charge is -2.40.